The van der Waals surface area contributed by atoms with Crippen molar-refractivity contribution in [2.24, 2.45) is 12.1 Å². The third-order valence-electron chi connectivity index (χ3n) is 5.55. The minimum Gasteiger partial charge on any atom is -0.378 e. The molecule has 0 aliphatic rings. The molecule has 0 saturated carbocycles. The van der Waals surface area contributed by atoms with E-state index in [4.69, 9.17) is 0 Å². The van der Waals surface area contributed by atoms with Crippen molar-refractivity contribution in [1.82, 2.24) is 15.3 Å². The molecule has 1 heterocycles. The van der Waals surface area contributed by atoms with Gasteiger partial charge in [-0.2, -0.15) is 5.10 Å². The molecule has 1 aromatic heterocycles. The molecule has 2 amide bonds. The second-order valence-corrected chi connectivity index (χ2v) is 8.28. The molecule has 0 atom stereocenters. The molecule has 0 aliphatic heterocycles. The van der Waals surface area contributed by atoms with Gasteiger partial charge in [0.1, 0.15) is 5.70 Å². The Bertz CT molecular complexity index is 1400. The van der Waals surface area contributed by atoms with E-state index in [1.807, 2.05) is 91.4 Å². The van der Waals surface area contributed by atoms with Crippen LogP contribution in [0.3, 0.4) is 0 Å². The summed E-state index contributed by atoms with van der Waals surface area (Å²) in [5.41, 5.74) is 6.83. The Balaban J connectivity index is 1.57. The van der Waals surface area contributed by atoms with Gasteiger partial charge in [0.25, 0.3) is 11.8 Å². The Kier molecular flexibility index (Phi) is 7.07. The third kappa shape index (κ3) is 5.65. The van der Waals surface area contributed by atoms with Crippen LogP contribution < -0.4 is 15.6 Å². The summed E-state index contributed by atoms with van der Waals surface area (Å²) in [6, 6.07) is 24.4. The number of aryl methyl sites for hydroxylation is 1. The number of rotatable bonds is 7. The number of benzene rings is 3. The van der Waals surface area contributed by atoms with E-state index >= 15 is 0 Å². The normalized spacial score (nSPS) is 11.6. The maximum Gasteiger partial charge on any atom is 0.287 e. The first-order chi connectivity index (χ1) is 16.9. The molecule has 7 nitrogen and oxygen atoms in total. The number of carbonyl (C=O) groups excluding carboxylic acids is 2. The number of nitrogens with zero attached hydrogens (tertiary/aromatic N) is 3. The van der Waals surface area contributed by atoms with Crippen molar-refractivity contribution in [3.63, 3.8) is 0 Å². The number of anilines is 1. The van der Waals surface area contributed by atoms with Crippen LogP contribution in [0.5, 0.6) is 0 Å². The minimum absolute atomic E-state index is 0.0894. The van der Waals surface area contributed by atoms with Crippen molar-refractivity contribution in [2.75, 3.05) is 19.0 Å². The Hall–Kier alpha value is -4.65. The Morgan fingerprint density at radius 3 is 2.31 bits per heavy atom. The number of hydrogen-bond acceptors (Lipinski definition) is 4. The maximum absolute atomic E-state index is 13.0. The molecule has 0 bridgehead atoms. The predicted octanol–water partition coefficient (Wildman–Crippen LogP) is 4.17. The molecule has 0 saturated heterocycles. The lowest BCUT2D eigenvalue weighted by atomic mass is 10.1. The van der Waals surface area contributed by atoms with Crippen LogP contribution in [0.15, 0.2) is 95.9 Å². The topological polar surface area (TPSA) is 78.7 Å². The summed E-state index contributed by atoms with van der Waals surface area (Å²) in [5.74, 6) is -0.905. The molecule has 7 heteroatoms. The fourth-order valence-electron chi connectivity index (χ4n) is 3.67. The summed E-state index contributed by atoms with van der Waals surface area (Å²) in [4.78, 5) is 27.8. The van der Waals surface area contributed by atoms with E-state index in [-0.39, 0.29) is 11.6 Å². The molecule has 4 rings (SSSR count). The van der Waals surface area contributed by atoms with Crippen LogP contribution in [0.2, 0.25) is 0 Å². The summed E-state index contributed by atoms with van der Waals surface area (Å²) >= 11 is 0. The monoisotopic (exact) mass is 465 g/mol. The highest BCUT2D eigenvalue weighted by Crippen LogP contribution is 2.18. The van der Waals surface area contributed by atoms with Gasteiger partial charge in [-0.05, 0) is 42.0 Å². The molecule has 0 radical (unpaired) electrons. The molecule has 35 heavy (non-hydrogen) atoms. The molecular formula is C28H27N5O2. The Morgan fingerprint density at radius 2 is 1.60 bits per heavy atom. The van der Waals surface area contributed by atoms with Gasteiger partial charge in [-0.15, -0.1) is 0 Å². The molecule has 4 aromatic rings. The first kappa shape index (κ1) is 23.5. The van der Waals surface area contributed by atoms with Crippen LogP contribution in [-0.2, 0) is 11.8 Å². The van der Waals surface area contributed by atoms with Gasteiger partial charge in [-0.1, -0.05) is 48.5 Å². The van der Waals surface area contributed by atoms with Crippen molar-refractivity contribution >= 4 is 40.7 Å². The highest BCUT2D eigenvalue weighted by Gasteiger charge is 2.14. The van der Waals surface area contributed by atoms with Crippen molar-refractivity contribution in [2.45, 2.75) is 0 Å². The van der Waals surface area contributed by atoms with Crippen LogP contribution >= 0.6 is 0 Å². The van der Waals surface area contributed by atoms with Gasteiger partial charge in [0.05, 0.1) is 6.21 Å². The molecule has 2 N–H and O–H groups in total. The number of aromatic nitrogens is 1. The number of nitrogens with one attached hydrogen (secondary N) is 2. The second kappa shape index (κ2) is 10.5. The predicted molar refractivity (Wildman–Crippen MR) is 141 cm³/mol. The molecule has 0 aliphatic carbocycles. The van der Waals surface area contributed by atoms with Crippen molar-refractivity contribution in [1.29, 1.82) is 0 Å². The smallest absolute Gasteiger partial charge is 0.287 e. The third-order valence-corrected chi connectivity index (χ3v) is 5.55. The molecule has 0 spiro atoms. The first-order valence-corrected chi connectivity index (χ1v) is 11.2. The van der Waals surface area contributed by atoms with E-state index < -0.39 is 5.91 Å². The lowest BCUT2D eigenvalue weighted by Crippen LogP contribution is -2.32. The van der Waals surface area contributed by atoms with Crippen molar-refractivity contribution < 1.29 is 9.59 Å². The van der Waals surface area contributed by atoms with E-state index in [0.717, 1.165) is 27.7 Å². The first-order valence-electron chi connectivity index (χ1n) is 11.2. The van der Waals surface area contributed by atoms with Crippen LogP contribution in [0, 0.1) is 0 Å². The van der Waals surface area contributed by atoms with Crippen LogP contribution in [0.25, 0.3) is 17.0 Å². The lowest BCUT2D eigenvalue weighted by Gasteiger charge is -2.12. The standard InChI is InChI=1S/C28H27N5O2/c1-32(2)23-15-13-20(14-16-23)17-25(30-27(34)21-9-5-4-6-10-21)28(35)31-29-18-22-19-33(3)26-12-8-7-11-24(22)26/h4-19H,1-3H3,(H,30,34)(H,31,35). The number of amides is 2. The largest absolute Gasteiger partial charge is 0.378 e. The summed E-state index contributed by atoms with van der Waals surface area (Å²) in [6.45, 7) is 0. The van der Waals surface area contributed by atoms with Gasteiger partial charge in [0.2, 0.25) is 0 Å². The summed E-state index contributed by atoms with van der Waals surface area (Å²) in [6.07, 6.45) is 5.17. The highest BCUT2D eigenvalue weighted by molar-refractivity contribution is 6.06. The van der Waals surface area contributed by atoms with Crippen molar-refractivity contribution in [3.8, 4) is 0 Å². The van der Waals surface area contributed by atoms with Gasteiger partial charge in [-0.25, -0.2) is 5.43 Å². The summed E-state index contributed by atoms with van der Waals surface area (Å²) in [5, 5.41) is 7.90. The number of para-hydroxylation sites is 1. The fraction of sp³-hybridized carbons (Fsp3) is 0.107. The fourth-order valence-corrected chi connectivity index (χ4v) is 3.67. The SMILES string of the molecule is CN(C)c1ccc(C=C(NC(=O)c2ccccc2)C(=O)NN=Cc2cn(C)c3ccccc23)cc1. The number of carbonyl (C=O) groups is 2. The zero-order valence-corrected chi connectivity index (χ0v) is 19.9. The lowest BCUT2D eigenvalue weighted by molar-refractivity contribution is -0.117. The number of hydrogen-bond donors (Lipinski definition) is 2. The summed E-state index contributed by atoms with van der Waals surface area (Å²) in [7, 11) is 5.87. The molecule has 0 unspecified atom stereocenters. The molecular weight excluding hydrogens is 438 g/mol. The molecule has 0 fully saturated rings. The van der Waals surface area contributed by atoms with Gasteiger partial charge in [0, 0.05) is 55.1 Å². The Morgan fingerprint density at radius 1 is 0.914 bits per heavy atom. The summed E-state index contributed by atoms with van der Waals surface area (Å²) < 4.78 is 2.00. The quantitative estimate of drug-likeness (QED) is 0.244. The van der Waals surface area contributed by atoms with Gasteiger partial charge in [0.15, 0.2) is 0 Å². The van der Waals surface area contributed by atoms with Crippen LogP contribution in [0.4, 0.5) is 5.69 Å². The van der Waals surface area contributed by atoms with Crippen molar-refractivity contribution in [3.05, 3.63) is 107 Å². The van der Waals surface area contributed by atoms with Gasteiger partial charge < -0.3 is 14.8 Å². The van der Waals surface area contributed by atoms with Gasteiger partial charge in [-0.3, -0.25) is 9.59 Å². The van der Waals surface area contributed by atoms with E-state index in [1.54, 1.807) is 36.6 Å². The maximum atomic E-state index is 13.0. The van der Waals surface area contributed by atoms with E-state index in [2.05, 4.69) is 15.8 Å². The van der Waals surface area contributed by atoms with Gasteiger partial charge >= 0.3 is 0 Å². The molecule has 176 valence electrons. The van der Waals surface area contributed by atoms with Crippen LogP contribution in [-0.4, -0.2) is 36.7 Å². The van der Waals surface area contributed by atoms with E-state index in [0.29, 0.717) is 5.56 Å². The molecule has 3 aromatic carbocycles. The van der Waals surface area contributed by atoms with E-state index in [9.17, 15) is 9.59 Å². The average Bonchev–Trinajstić information content (AvgIpc) is 3.20. The average molecular weight is 466 g/mol. The Labute approximate surface area is 204 Å². The van der Waals surface area contributed by atoms with E-state index in [1.165, 1.54) is 0 Å². The van der Waals surface area contributed by atoms with Crippen LogP contribution in [0.1, 0.15) is 21.5 Å². The highest BCUT2D eigenvalue weighted by atomic mass is 16.2. The number of hydrazone groups is 1. The minimum atomic E-state index is -0.526. The zero-order valence-electron chi connectivity index (χ0n) is 19.9. The second-order valence-electron chi connectivity index (χ2n) is 8.28. The zero-order chi connectivity index (χ0) is 24.8. The number of fused-ring (bicyclic) bond motifs is 1.